The molecule has 0 radical (unpaired) electrons. The number of nitrogens with one attached hydrogen (secondary N) is 3. The van der Waals surface area contributed by atoms with Crippen molar-refractivity contribution in [2.75, 3.05) is 7.11 Å². The van der Waals surface area contributed by atoms with Crippen LogP contribution in [0.5, 0.6) is 11.5 Å². The number of halogens is 2. The summed E-state index contributed by atoms with van der Waals surface area (Å²) in [6.07, 6.45) is 3.06. The lowest BCUT2D eigenvalue weighted by Gasteiger charge is -2.20. The Morgan fingerprint density at radius 2 is 1.93 bits per heavy atom. The van der Waals surface area contributed by atoms with Crippen molar-refractivity contribution in [1.82, 2.24) is 21.2 Å². The predicted molar refractivity (Wildman–Crippen MR) is 93.3 cm³/mol. The largest absolute Gasteiger partial charge is 0.493 e. The molecule has 2 heterocycles. The highest BCUT2D eigenvalue weighted by molar-refractivity contribution is 5.95. The number of hydrogen-bond donors (Lipinski definition) is 3. The third-order valence-electron chi connectivity index (χ3n) is 4.44. The summed E-state index contributed by atoms with van der Waals surface area (Å²) in [6, 6.07) is 7.92. The first-order chi connectivity index (χ1) is 13.0. The number of hydrazine groups is 1. The van der Waals surface area contributed by atoms with Crippen LogP contribution in [0.2, 0.25) is 0 Å². The molecule has 0 saturated carbocycles. The molecule has 144 valence electrons. The average molecular weight is 378 g/mol. The molecular formula is C18H20F2N4O3. The maximum atomic E-state index is 12.6. The van der Waals surface area contributed by atoms with E-state index in [0.717, 1.165) is 5.56 Å². The Labute approximate surface area is 155 Å². The first-order valence-corrected chi connectivity index (χ1v) is 8.34. The molecule has 1 saturated heterocycles. The molecular weight excluding hydrogens is 358 g/mol. The average Bonchev–Trinajstić information content (AvgIpc) is 3.02. The van der Waals surface area contributed by atoms with Crippen molar-refractivity contribution in [2.45, 2.75) is 25.7 Å². The summed E-state index contributed by atoms with van der Waals surface area (Å²) in [7, 11) is 1.34. The van der Waals surface area contributed by atoms with Crippen LogP contribution in [0, 0.1) is 5.92 Å². The number of amides is 1. The van der Waals surface area contributed by atoms with Gasteiger partial charge in [0.1, 0.15) is 0 Å². The van der Waals surface area contributed by atoms with Crippen molar-refractivity contribution in [1.29, 1.82) is 0 Å². The van der Waals surface area contributed by atoms with Gasteiger partial charge in [0, 0.05) is 23.9 Å². The zero-order chi connectivity index (χ0) is 19.4. The molecule has 1 aliphatic rings. The Morgan fingerprint density at radius 3 is 2.59 bits per heavy atom. The second-order valence-electron chi connectivity index (χ2n) is 6.10. The van der Waals surface area contributed by atoms with Crippen molar-refractivity contribution in [3.05, 3.63) is 53.9 Å². The van der Waals surface area contributed by atoms with Crippen LogP contribution < -0.4 is 25.6 Å². The van der Waals surface area contributed by atoms with Crippen LogP contribution in [0.3, 0.4) is 0 Å². The van der Waals surface area contributed by atoms with Gasteiger partial charge in [-0.05, 0) is 35.9 Å². The summed E-state index contributed by atoms with van der Waals surface area (Å²) in [5, 5.41) is 2.85. The minimum Gasteiger partial charge on any atom is -0.493 e. The summed E-state index contributed by atoms with van der Waals surface area (Å²) in [5.74, 6) is -0.455. The predicted octanol–water partition coefficient (Wildman–Crippen LogP) is 2.23. The summed E-state index contributed by atoms with van der Waals surface area (Å²) in [4.78, 5) is 16.6. The molecule has 2 aromatic rings. The van der Waals surface area contributed by atoms with Gasteiger partial charge in [-0.2, -0.15) is 8.78 Å². The van der Waals surface area contributed by atoms with Crippen LogP contribution >= 0.6 is 0 Å². The van der Waals surface area contributed by atoms with Gasteiger partial charge >= 0.3 is 6.61 Å². The monoisotopic (exact) mass is 378 g/mol. The van der Waals surface area contributed by atoms with Crippen molar-refractivity contribution >= 4 is 5.91 Å². The molecule has 27 heavy (non-hydrogen) atoms. The minimum atomic E-state index is -3.01. The lowest BCUT2D eigenvalue weighted by molar-refractivity contribution is -0.0512. The number of methoxy groups -OCH3 is 1. The fraction of sp³-hybridized carbons (Fsp3) is 0.333. The number of carbonyl (C=O) groups excluding carboxylic acids is 1. The third kappa shape index (κ3) is 4.32. The van der Waals surface area contributed by atoms with E-state index in [9.17, 15) is 13.6 Å². The van der Waals surface area contributed by atoms with Gasteiger partial charge in [-0.1, -0.05) is 6.92 Å². The maximum Gasteiger partial charge on any atom is 0.387 e. The lowest BCUT2D eigenvalue weighted by atomic mass is 9.95. The van der Waals surface area contributed by atoms with E-state index in [-0.39, 0.29) is 35.2 Å². The number of carbonyl (C=O) groups is 1. The Kier molecular flexibility index (Phi) is 5.82. The first-order valence-electron chi connectivity index (χ1n) is 8.34. The molecule has 0 bridgehead atoms. The molecule has 1 fully saturated rings. The summed E-state index contributed by atoms with van der Waals surface area (Å²) < 4.78 is 34.5. The van der Waals surface area contributed by atoms with E-state index < -0.39 is 12.5 Å². The minimum absolute atomic E-state index is 0.00750. The van der Waals surface area contributed by atoms with E-state index in [2.05, 4.69) is 25.9 Å². The van der Waals surface area contributed by atoms with Crippen molar-refractivity contribution in [2.24, 2.45) is 5.92 Å². The molecule has 1 aliphatic heterocycles. The van der Waals surface area contributed by atoms with Gasteiger partial charge in [0.05, 0.1) is 19.3 Å². The van der Waals surface area contributed by atoms with Crippen molar-refractivity contribution < 1.29 is 23.0 Å². The molecule has 1 aromatic heterocycles. The van der Waals surface area contributed by atoms with Crippen LogP contribution in [0.15, 0.2) is 42.7 Å². The van der Waals surface area contributed by atoms with Gasteiger partial charge in [0.25, 0.3) is 5.91 Å². The fourth-order valence-electron chi connectivity index (χ4n) is 2.99. The second-order valence-corrected chi connectivity index (χ2v) is 6.10. The Hall–Kier alpha value is -2.78. The van der Waals surface area contributed by atoms with Crippen LogP contribution in [0.1, 0.15) is 28.9 Å². The van der Waals surface area contributed by atoms with Gasteiger partial charge in [-0.3, -0.25) is 9.78 Å². The molecule has 1 aromatic carbocycles. The van der Waals surface area contributed by atoms with Gasteiger partial charge in [0.2, 0.25) is 0 Å². The highest BCUT2D eigenvalue weighted by Crippen LogP contribution is 2.30. The van der Waals surface area contributed by atoms with E-state index in [1.165, 1.54) is 25.3 Å². The molecule has 7 nitrogen and oxygen atoms in total. The fourth-order valence-corrected chi connectivity index (χ4v) is 2.99. The van der Waals surface area contributed by atoms with Gasteiger partial charge in [0.15, 0.2) is 11.5 Å². The Bertz CT molecular complexity index is 791. The van der Waals surface area contributed by atoms with E-state index in [1.54, 1.807) is 12.4 Å². The molecule has 3 unspecified atom stereocenters. The number of rotatable bonds is 6. The number of hydrogen-bond acceptors (Lipinski definition) is 6. The molecule has 0 spiro atoms. The Balaban J connectivity index is 1.70. The van der Waals surface area contributed by atoms with Crippen LogP contribution in [0.4, 0.5) is 8.78 Å². The lowest BCUT2D eigenvalue weighted by Crippen LogP contribution is -2.46. The van der Waals surface area contributed by atoms with Gasteiger partial charge < -0.3 is 14.8 Å². The van der Waals surface area contributed by atoms with E-state index in [4.69, 9.17) is 4.74 Å². The molecule has 9 heteroatoms. The number of benzene rings is 1. The van der Waals surface area contributed by atoms with E-state index in [1.807, 2.05) is 19.1 Å². The van der Waals surface area contributed by atoms with E-state index >= 15 is 0 Å². The third-order valence-corrected chi connectivity index (χ3v) is 4.44. The standard InChI is InChI=1S/C18H20F2N4O3/c1-10-15(11-5-7-21-8-6-11)23-24-16(10)22-17(25)12-3-4-13(26-2)14(9-12)27-18(19)20/h3-10,15-16,18,23-24H,1-2H3,(H,22,25). The molecule has 0 aliphatic carbocycles. The van der Waals surface area contributed by atoms with Gasteiger partial charge in [-0.15, -0.1) is 0 Å². The Morgan fingerprint density at radius 1 is 1.19 bits per heavy atom. The highest BCUT2D eigenvalue weighted by atomic mass is 19.3. The summed E-state index contributed by atoms with van der Waals surface area (Å²) in [6.45, 7) is -1.03. The smallest absolute Gasteiger partial charge is 0.387 e. The van der Waals surface area contributed by atoms with E-state index in [0.29, 0.717) is 0 Å². The number of aromatic nitrogens is 1. The molecule has 1 amide bonds. The zero-order valence-electron chi connectivity index (χ0n) is 14.8. The van der Waals surface area contributed by atoms with Crippen LogP contribution in [0.25, 0.3) is 0 Å². The first kappa shape index (κ1) is 19.0. The van der Waals surface area contributed by atoms with Crippen molar-refractivity contribution in [3.8, 4) is 11.5 Å². The maximum absolute atomic E-state index is 12.6. The quantitative estimate of drug-likeness (QED) is 0.715. The number of nitrogens with zero attached hydrogens (tertiary/aromatic N) is 1. The number of pyridine rings is 1. The SMILES string of the molecule is COc1ccc(C(=O)NC2NNC(c3ccncc3)C2C)cc1OC(F)F. The van der Waals surface area contributed by atoms with Crippen LogP contribution in [-0.2, 0) is 0 Å². The number of alkyl halides is 2. The topological polar surface area (TPSA) is 84.5 Å². The number of ether oxygens (including phenoxy) is 2. The molecule has 3 rings (SSSR count). The zero-order valence-corrected chi connectivity index (χ0v) is 14.8. The summed E-state index contributed by atoms with van der Waals surface area (Å²) >= 11 is 0. The van der Waals surface area contributed by atoms with Gasteiger partial charge in [-0.25, -0.2) is 10.9 Å². The molecule has 3 N–H and O–H groups in total. The molecule has 3 atom stereocenters. The van der Waals surface area contributed by atoms with Crippen LogP contribution in [-0.4, -0.2) is 30.8 Å². The van der Waals surface area contributed by atoms with Crippen molar-refractivity contribution in [3.63, 3.8) is 0 Å². The normalized spacial score (nSPS) is 21.9. The second kappa shape index (κ2) is 8.28. The summed E-state index contributed by atoms with van der Waals surface area (Å²) in [5.41, 5.74) is 7.42. The highest BCUT2D eigenvalue weighted by Gasteiger charge is 2.34.